The third-order valence-corrected chi connectivity index (χ3v) is 4.63. The number of nitrogens with zero attached hydrogens (tertiary/aromatic N) is 7. The van der Waals surface area contributed by atoms with Gasteiger partial charge in [-0.15, -0.1) is 15.3 Å². The van der Waals surface area contributed by atoms with Crippen LogP contribution in [0, 0.1) is 0 Å². The van der Waals surface area contributed by atoms with Gasteiger partial charge in [-0.25, -0.2) is 13.1 Å². The third kappa shape index (κ3) is 2.83. The van der Waals surface area contributed by atoms with E-state index in [1.54, 1.807) is 17.0 Å². The van der Waals surface area contributed by atoms with E-state index in [1.807, 2.05) is 22.9 Å². The average molecular weight is 348 g/mol. The van der Waals surface area contributed by atoms with Crippen LogP contribution in [0.15, 0.2) is 30.7 Å². The van der Waals surface area contributed by atoms with Gasteiger partial charge in [-0.3, -0.25) is 4.68 Å². The molecule has 1 atom stereocenters. The Bertz CT molecular complexity index is 979. The van der Waals surface area contributed by atoms with Gasteiger partial charge < -0.3 is 4.90 Å². The van der Waals surface area contributed by atoms with Crippen molar-refractivity contribution in [3.05, 3.63) is 36.4 Å². The van der Waals surface area contributed by atoms with Crippen LogP contribution in [0.5, 0.6) is 0 Å². The summed E-state index contributed by atoms with van der Waals surface area (Å²) in [6, 6.07) is 5.55. The summed E-state index contributed by atoms with van der Waals surface area (Å²) in [5.74, 6) is 0.777. The van der Waals surface area contributed by atoms with Gasteiger partial charge in [-0.2, -0.15) is 9.61 Å². The maximum atomic E-state index is 11.4. The zero-order valence-electron chi connectivity index (χ0n) is 12.9. The Morgan fingerprint density at radius 1 is 1.33 bits per heavy atom. The molecule has 0 unspecified atom stereocenters. The summed E-state index contributed by atoms with van der Waals surface area (Å²) in [5, 5.41) is 16.6. The van der Waals surface area contributed by atoms with Crippen LogP contribution in [0.4, 0.5) is 5.82 Å². The molecule has 0 aliphatic carbocycles. The normalized spacial score (nSPS) is 18.0. The molecule has 4 rings (SSSR count). The minimum absolute atomic E-state index is 0.114. The van der Waals surface area contributed by atoms with Crippen molar-refractivity contribution in [1.82, 2.24) is 34.3 Å². The lowest BCUT2D eigenvalue weighted by atomic mass is 10.2. The van der Waals surface area contributed by atoms with Crippen molar-refractivity contribution in [2.24, 2.45) is 0 Å². The largest absolute Gasteiger partial charge is 0.347 e. The molecule has 1 N–H and O–H groups in total. The van der Waals surface area contributed by atoms with E-state index < -0.39 is 10.0 Å². The summed E-state index contributed by atoms with van der Waals surface area (Å²) in [6.45, 7) is 1.52. The van der Waals surface area contributed by atoms with E-state index in [1.165, 1.54) is 0 Å². The van der Waals surface area contributed by atoms with Crippen LogP contribution in [0.25, 0.3) is 5.65 Å². The number of hydrogen-bond acceptors (Lipinski definition) is 7. The van der Waals surface area contributed by atoms with E-state index in [9.17, 15) is 8.42 Å². The van der Waals surface area contributed by atoms with Crippen LogP contribution < -0.4 is 9.62 Å². The van der Waals surface area contributed by atoms with Crippen molar-refractivity contribution in [2.75, 3.05) is 24.2 Å². The summed E-state index contributed by atoms with van der Waals surface area (Å²) < 4.78 is 28.9. The minimum Gasteiger partial charge on any atom is -0.347 e. The Hall–Kier alpha value is -2.53. The number of sulfonamides is 1. The Kier molecular flexibility index (Phi) is 3.46. The van der Waals surface area contributed by atoms with Crippen LogP contribution in [0.3, 0.4) is 0 Å². The topological polar surface area (TPSA) is 110 Å². The van der Waals surface area contributed by atoms with Crippen molar-refractivity contribution in [3.8, 4) is 0 Å². The second-order valence-corrected chi connectivity index (χ2v) is 7.58. The number of rotatable bonds is 4. The molecule has 0 saturated carbocycles. The fraction of sp³-hybridized carbons (Fsp3) is 0.385. The fourth-order valence-electron chi connectivity index (χ4n) is 2.85. The highest BCUT2D eigenvalue weighted by molar-refractivity contribution is 7.88. The first-order chi connectivity index (χ1) is 11.5. The first-order valence-electron chi connectivity index (χ1n) is 7.39. The molecule has 0 saturated heterocycles. The van der Waals surface area contributed by atoms with E-state index in [0.717, 1.165) is 17.8 Å². The molecular formula is C13H16N8O2S. The molecule has 0 bridgehead atoms. The molecule has 0 aromatic carbocycles. The summed E-state index contributed by atoms with van der Waals surface area (Å²) in [5.41, 5.74) is 1.68. The van der Waals surface area contributed by atoms with Crippen LogP contribution in [0.1, 0.15) is 11.7 Å². The number of aromatic nitrogens is 6. The van der Waals surface area contributed by atoms with Crippen LogP contribution in [-0.2, 0) is 16.6 Å². The van der Waals surface area contributed by atoms with Crippen molar-refractivity contribution >= 4 is 21.5 Å². The van der Waals surface area contributed by atoms with Gasteiger partial charge in [0.05, 0.1) is 24.5 Å². The number of anilines is 1. The second kappa shape index (κ2) is 5.53. The highest BCUT2D eigenvalue weighted by Gasteiger charge is 2.27. The first kappa shape index (κ1) is 15.0. The molecule has 0 amide bonds. The SMILES string of the molecule is CS(=O)(=O)NC[C@H]1CN(c2ccc3nncn3n2)Cc2ccnn21. The van der Waals surface area contributed by atoms with Crippen molar-refractivity contribution in [2.45, 2.75) is 12.6 Å². The van der Waals surface area contributed by atoms with Crippen LogP contribution in [-0.4, -0.2) is 57.4 Å². The molecule has 24 heavy (non-hydrogen) atoms. The van der Waals surface area contributed by atoms with Gasteiger partial charge in [0.15, 0.2) is 5.65 Å². The summed E-state index contributed by atoms with van der Waals surface area (Å²) >= 11 is 0. The number of fused-ring (bicyclic) bond motifs is 2. The molecule has 10 nitrogen and oxygen atoms in total. The van der Waals surface area contributed by atoms with Crippen molar-refractivity contribution < 1.29 is 8.42 Å². The van der Waals surface area contributed by atoms with E-state index >= 15 is 0 Å². The lowest BCUT2D eigenvalue weighted by Gasteiger charge is -2.34. The number of hydrogen-bond donors (Lipinski definition) is 1. The van der Waals surface area contributed by atoms with Crippen LogP contribution in [0.2, 0.25) is 0 Å². The molecule has 3 aromatic heterocycles. The van der Waals surface area contributed by atoms with Gasteiger partial charge in [-0.05, 0) is 18.2 Å². The standard InChI is InChI=1S/C13H16N8O2S/c1-24(22,23)16-6-11-8-19(7-10-4-5-15-21(10)11)13-3-2-12-17-14-9-20(12)18-13/h2-5,9,11,16H,6-8H2,1H3/t11-/m0/s1. The van der Waals surface area contributed by atoms with Crippen molar-refractivity contribution in [3.63, 3.8) is 0 Å². The second-order valence-electron chi connectivity index (χ2n) is 5.75. The van der Waals surface area contributed by atoms with Gasteiger partial charge in [0, 0.05) is 19.3 Å². The highest BCUT2D eigenvalue weighted by atomic mass is 32.2. The lowest BCUT2D eigenvalue weighted by molar-refractivity contribution is 0.393. The quantitative estimate of drug-likeness (QED) is 0.672. The molecule has 3 aromatic rings. The van der Waals surface area contributed by atoms with Gasteiger partial charge >= 0.3 is 0 Å². The monoisotopic (exact) mass is 348 g/mol. The predicted molar refractivity (Wildman–Crippen MR) is 85.9 cm³/mol. The molecular weight excluding hydrogens is 332 g/mol. The van der Waals surface area contributed by atoms with E-state index in [2.05, 4.69) is 30.0 Å². The predicted octanol–water partition coefficient (Wildman–Crippen LogP) is -0.569. The molecule has 0 radical (unpaired) electrons. The van der Waals surface area contributed by atoms with Gasteiger partial charge in [0.1, 0.15) is 12.1 Å². The first-order valence-corrected chi connectivity index (χ1v) is 9.28. The molecule has 11 heteroatoms. The zero-order chi connectivity index (χ0) is 16.7. The Morgan fingerprint density at radius 3 is 3.04 bits per heavy atom. The molecule has 4 heterocycles. The molecule has 0 spiro atoms. The van der Waals surface area contributed by atoms with Gasteiger partial charge in [0.25, 0.3) is 0 Å². The smallest absolute Gasteiger partial charge is 0.208 e. The third-order valence-electron chi connectivity index (χ3n) is 3.93. The highest BCUT2D eigenvalue weighted by Crippen LogP contribution is 2.24. The summed E-state index contributed by atoms with van der Waals surface area (Å²) in [7, 11) is -3.26. The minimum atomic E-state index is -3.26. The Labute approximate surface area is 138 Å². The summed E-state index contributed by atoms with van der Waals surface area (Å²) in [4.78, 5) is 2.09. The van der Waals surface area contributed by atoms with Crippen LogP contribution >= 0.6 is 0 Å². The lowest BCUT2D eigenvalue weighted by Crippen LogP contribution is -2.43. The van der Waals surface area contributed by atoms with Gasteiger partial charge in [-0.1, -0.05) is 0 Å². The molecule has 1 aliphatic rings. The van der Waals surface area contributed by atoms with E-state index in [4.69, 9.17) is 0 Å². The molecule has 126 valence electrons. The Morgan fingerprint density at radius 2 is 2.21 bits per heavy atom. The fourth-order valence-corrected chi connectivity index (χ4v) is 3.34. The van der Waals surface area contributed by atoms with E-state index in [0.29, 0.717) is 18.7 Å². The van der Waals surface area contributed by atoms with Crippen molar-refractivity contribution in [1.29, 1.82) is 0 Å². The number of nitrogens with one attached hydrogen (secondary N) is 1. The molecule has 0 fully saturated rings. The maximum absolute atomic E-state index is 11.4. The summed E-state index contributed by atoms with van der Waals surface area (Å²) in [6.07, 6.45) is 4.43. The molecule has 1 aliphatic heterocycles. The maximum Gasteiger partial charge on any atom is 0.208 e. The van der Waals surface area contributed by atoms with E-state index in [-0.39, 0.29) is 12.6 Å². The zero-order valence-corrected chi connectivity index (χ0v) is 13.8. The van der Waals surface area contributed by atoms with Gasteiger partial charge in [0.2, 0.25) is 10.0 Å². The average Bonchev–Trinajstić information content (AvgIpc) is 3.19. The Balaban J connectivity index is 1.63.